The van der Waals surface area contributed by atoms with Crippen LogP contribution in [-0.4, -0.2) is 42.9 Å². The van der Waals surface area contributed by atoms with Crippen molar-refractivity contribution in [1.82, 2.24) is 13.9 Å². The number of fused-ring (bicyclic) bond motifs is 1. The Kier molecular flexibility index (Phi) is 4.90. The predicted octanol–water partition coefficient (Wildman–Crippen LogP) is 3.75. The molecule has 0 saturated heterocycles. The highest BCUT2D eigenvalue weighted by atomic mass is 35.5. The average Bonchev–Trinajstić information content (AvgIpc) is 3.06. The van der Waals surface area contributed by atoms with Gasteiger partial charge in [0.05, 0.1) is 4.34 Å². The molecule has 0 aliphatic rings. The van der Waals surface area contributed by atoms with Gasteiger partial charge in [0.1, 0.15) is 9.23 Å². The van der Waals surface area contributed by atoms with Gasteiger partial charge in [-0.2, -0.15) is 0 Å². The van der Waals surface area contributed by atoms with Gasteiger partial charge in [-0.1, -0.05) is 23.2 Å². The molecule has 0 aliphatic heterocycles. The van der Waals surface area contributed by atoms with Gasteiger partial charge in [-0.25, -0.2) is 17.4 Å². The van der Waals surface area contributed by atoms with E-state index < -0.39 is 10.0 Å². The van der Waals surface area contributed by atoms with E-state index in [1.165, 1.54) is 10.0 Å². The predicted molar refractivity (Wildman–Crippen MR) is 98.9 cm³/mol. The Morgan fingerprint density at radius 3 is 2.71 bits per heavy atom. The van der Waals surface area contributed by atoms with Crippen LogP contribution in [-0.2, 0) is 16.4 Å². The smallest absolute Gasteiger partial charge is 0.271 e. The van der Waals surface area contributed by atoms with Crippen molar-refractivity contribution in [3.63, 3.8) is 0 Å². The van der Waals surface area contributed by atoms with Gasteiger partial charge in [0.2, 0.25) is 0 Å². The fourth-order valence-corrected chi connectivity index (χ4v) is 5.89. The van der Waals surface area contributed by atoms with Gasteiger partial charge in [-0.05, 0) is 44.3 Å². The highest BCUT2D eigenvalue weighted by Gasteiger charge is 2.26. The molecule has 3 heterocycles. The summed E-state index contributed by atoms with van der Waals surface area (Å²) in [6.07, 6.45) is 3.92. The topological polar surface area (TPSA) is 55.2 Å². The minimum Gasteiger partial charge on any atom is -0.309 e. The van der Waals surface area contributed by atoms with Gasteiger partial charge in [0.15, 0.2) is 5.65 Å². The third-order valence-corrected chi connectivity index (χ3v) is 7.01. The number of nitrogens with zero attached hydrogens (tertiary/aromatic N) is 3. The molecule has 3 rings (SSSR count). The summed E-state index contributed by atoms with van der Waals surface area (Å²) in [5.41, 5.74) is 1.32. The molecule has 0 spiro atoms. The summed E-state index contributed by atoms with van der Waals surface area (Å²) in [6.45, 7) is 0.805. The van der Waals surface area contributed by atoms with Crippen molar-refractivity contribution in [2.24, 2.45) is 0 Å². The van der Waals surface area contributed by atoms with E-state index in [2.05, 4.69) is 4.98 Å². The van der Waals surface area contributed by atoms with E-state index >= 15 is 0 Å². The van der Waals surface area contributed by atoms with E-state index in [-0.39, 0.29) is 9.23 Å². The van der Waals surface area contributed by atoms with Crippen molar-refractivity contribution in [1.29, 1.82) is 0 Å². The van der Waals surface area contributed by atoms with E-state index in [0.717, 1.165) is 35.3 Å². The minimum atomic E-state index is -3.86. The van der Waals surface area contributed by atoms with Gasteiger partial charge < -0.3 is 4.90 Å². The first-order chi connectivity index (χ1) is 11.3. The molecule has 0 unspecified atom stereocenters. The second-order valence-electron chi connectivity index (χ2n) is 5.57. The quantitative estimate of drug-likeness (QED) is 0.650. The summed E-state index contributed by atoms with van der Waals surface area (Å²) in [4.78, 5) is 6.30. The lowest BCUT2D eigenvalue weighted by Gasteiger charge is -2.07. The molecule has 3 aromatic rings. The fraction of sp³-hybridized carbons (Fsp3) is 0.267. The Morgan fingerprint density at radius 1 is 1.33 bits per heavy atom. The number of rotatable bonds is 5. The van der Waals surface area contributed by atoms with Crippen molar-refractivity contribution >= 4 is 55.6 Å². The van der Waals surface area contributed by atoms with Crippen molar-refractivity contribution in [2.45, 2.75) is 11.3 Å². The molecule has 0 N–H and O–H groups in total. The maximum Gasteiger partial charge on any atom is 0.271 e. The molecule has 24 heavy (non-hydrogen) atoms. The van der Waals surface area contributed by atoms with Crippen molar-refractivity contribution in [3.8, 4) is 0 Å². The molecule has 3 aromatic heterocycles. The molecular formula is C15H15Cl2N3O2S2. The van der Waals surface area contributed by atoms with Crippen LogP contribution in [0.25, 0.3) is 11.0 Å². The first kappa shape index (κ1) is 17.7. The van der Waals surface area contributed by atoms with Crippen LogP contribution in [0.2, 0.25) is 8.67 Å². The molecule has 5 nitrogen and oxygen atoms in total. The number of hydrogen-bond acceptors (Lipinski definition) is 5. The minimum absolute atomic E-state index is 0.000814. The number of likely N-dealkylation sites (N-methyl/N-ethyl adjacent to an activating group) is 1. The standard InChI is InChI=1S/C15H15Cl2N3O2S2/c1-19(2)7-5-10-9-20(15-11(10)4-3-6-18-15)24(21,22)12-8-13(16)23-14(12)17/h3-4,6,8-9H,5,7H2,1-2H3. The van der Waals surface area contributed by atoms with Crippen LogP contribution in [0.5, 0.6) is 0 Å². The van der Waals surface area contributed by atoms with E-state index in [0.29, 0.717) is 9.98 Å². The summed E-state index contributed by atoms with van der Waals surface area (Å²) < 4.78 is 27.7. The van der Waals surface area contributed by atoms with Crippen LogP contribution in [0.4, 0.5) is 0 Å². The number of halogens is 2. The van der Waals surface area contributed by atoms with Crippen LogP contribution in [0.15, 0.2) is 35.5 Å². The van der Waals surface area contributed by atoms with Crippen LogP contribution in [0.3, 0.4) is 0 Å². The Hall–Kier alpha value is -1.12. The lowest BCUT2D eigenvalue weighted by atomic mass is 10.1. The van der Waals surface area contributed by atoms with Crippen molar-refractivity contribution < 1.29 is 8.42 Å². The summed E-state index contributed by atoms with van der Waals surface area (Å²) in [5, 5.41) is 0.820. The molecule has 0 aromatic carbocycles. The molecule has 0 radical (unpaired) electrons. The van der Waals surface area contributed by atoms with Crippen LogP contribution in [0.1, 0.15) is 5.56 Å². The Bertz CT molecular complexity index is 993. The second kappa shape index (κ2) is 6.65. The second-order valence-corrected chi connectivity index (χ2v) is 9.64. The molecular weight excluding hydrogens is 389 g/mol. The Balaban J connectivity index is 2.17. The van der Waals surface area contributed by atoms with Crippen LogP contribution in [0, 0.1) is 0 Å². The molecule has 0 amide bonds. The zero-order valence-corrected chi connectivity index (χ0v) is 16.2. The SMILES string of the molecule is CN(C)CCc1cn(S(=O)(=O)c2cc(Cl)sc2Cl)c2ncccc12. The van der Waals surface area contributed by atoms with Crippen molar-refractivity contribution in [2.75, 3.05) is 20.6 Å². The van der Waals surface area contributed by atoms with Gasteiger partial charge in [-0.3, -0.25) is 0 Å². The van der Waals surface area contributed by atoms with E-state index in [9.17, 15) is 8.42 Å². The van der Waals surface area contributed by atoms with Crippen molar-refractivity contribution in [3.05, 3.63) is 44.8 Å². The molecule has 9 heteroatoms. The van der Waals surface area contributed by atoms with Gasteiger partial charge in [-0.15, -0.1) is 11.3 Å². The average molecular weight is 404 g/mol. The molecule has 0 aliphatic carbocycles. The number of aromatic nitrogens is 2. The lowest BCUT2D eigenvalue weighted by molar-refractivity contribution is 0.414. The maximum absolute atomic E-state index is 13.0. The monoisotopic (exact) mass is 403 g/mol. The molecule has 0 atom stereocenters. The zero-order chi connectivity index (χ0) is 17.5. The van der Waals surface area contributed by atoms with Crippen LogP contribution >= 0.6 is 34.5 Å². The first-order valence-electron chi connectivity index (χ1n) is 7.11. The van der Waals surface area contributed by atoms with Gasteiger partial charge in [0, 0.05) is 24.3 Å². The third kappa shape index (κ3) is 3.19. The summed E-state index contributed by atoms with van der Waals surface area (Å²) in [5.74, 6) is 0. The normalized spacial score (nSPS) is 12.4. The number of hydrogen-bond donors (Lipinski definition) is 0. The van der Waals surface area contributed by atoms with Gasteiger partial charge in [0.25, 0.3) is 10.0 Å². The first-order valence-corrected chi connectivity index (χ1v) is 10.1. The third-order valence-electron chi connectivity index (χ3n) is 3.61. The highest BCUT2D eigenvalue weighted by molar-refractivity contribution is 7.90. The molecule has 128 valence electrons. The van der Waals surface area contributed by atoms with E-state index in [1.54, 1.807) is 18.5 Å². The summed E-state index contributed by atoms with van der Waals surface area (Å²) in [7, 11) is 0.0885. The Labute approximate surface area is 154 Å². The molecule has 0 bridgehead atoms. The zero-order valence-electron chi connectivity index (χ0n) is 13.0. The Morgan fingerprint density at radius 2 is 2.08 bits per heavy atom. The number of pyridine rings is 1. The summed E-state index contributed by atoms with van der Waals surface area (Å²) in [6, 6.07) is 5.05. The van der Waals surface area contributed by atoms with E-state index in [1.807, 2.05) is 25.1 Å². The molecule has 0 saturated carbocycles. The van der Waals surface area contributed by atoms with E-state index in [4.69, 9.17) is 23.2 Å². The molecule has 0 fully saturated rings. The van der Waals surface area contributed by atoms with Crippen LogP contribution < -0.4 is 0 Å². The lowest BCUT2D eigenvalue weighted by Crippen LogP contribution is -2.15. The summed E-state index contributed by atoms with van der Waals surface area (Å²) >= 11 is 13.0. The number of thiophene rings is 1. The fourth-order valence-electron chi connectivity index (χ4n) is 2.43. The highest BCUT2D eigenvalue weighted by Crippen LogP contribution is 2.36. The maximum atomic E-state index is 13.0. The largest absolute Gasteiger partial charge is 0.309 e. The van der Waals surface area contributed by atoms with Gasteiger partial charge >= 0.3 is 0 Å².